The summed E-state index contributed by atoms with van der Waals surface area (Å²) in [6.07, 6.45) is -3.31. The maximum absolute atomic E-state index is 12.6. The molecule has 2 fully saturated rings. The van der Waals surface area contributed by atoms with Crippen LogP contribution in [0, 0.1) is 11.3 Å². The lowest BCUT2D eigenvalue weighted by molar-refractivity contribution is -0.274. The number of hydrogen-bond donors (Lipinski definition) is 1. The molecule has 0 aromatic heterocycles. The predicted molar refractivity (Wildman–Crippen MR) is 89.6 cm³/mol. The number of halogens is 4. The van der Waals surface area contributed by atoms with Crippen molar-refractivity contribution in [3.05, 3.63) is 29.8 Å². The summed E-state index contributed by atoms with van der Waals surface area (Å²) in [6.45, 7) is 3.85. The number of carbonyl (C=O) groups excluding carboxylic acids is 1. The van der Waals surface area contributed by atoms with E-state index < -0.39 is 6.36 Å². The highest BCUT2D eigenvalue weighted by molar-refractivity contribution is 5.85. The maximum atomic E-state index is 12.6. The van der Waals surface area contributed by atoms with Crippen LogP contribution in [-0.2, 0) is 4.79 Å². The average Bonchev–Trinajstić information content (AvgIpc) is 3.21. The standard InChI is InChI=1S/C17H21F3N2O2.ClH/c1-16(9-21)6-7-22(10-16)15(23)13-8-12(13)11-4-2-3-5-14(11)24-17(18,19)20;/h2-5,12-13H,6-10,21H2,1H3;1H. The number of para-hydroxylation sites is 1. The summed E-state index contributed by atoms with van der Waals surface area (Å²) in [7, 11) is 0. The van der Waals surface area contributed by atoms with Gasteiger partial charge in [-0.15, -0.1) is 25.6 Å². The monoisotopic (exact) mass is 378 g/mol. The lowest BCUT2D eigenvalue weighted by Crippen LogP contribution is -2.35. The van der Waals surface area contributed by atoms with Gasteiger partial charge < -0.3 is 15.4 Å². The van der Waals surface area contributed by atoms with Gasteiger partial charge in [-0.3, -0.25) is 4.79 Å². The van der Waals surface area contributed by atoms with E-state index in [1.165, 1.54) is 12.1 Å². The molecule has 1 saturated heterocycles. The van der Waals surface area contributed by atoms with Crippen molar-refractivity contribution in [1.29, 1.82) is 0 Å². The van der Waals surface area contributed by atoms with Crippen LogP contribution in [0.1, 0.15) is 31.2 Å². The minimum Gasteiger partial charge on any atom is -0.405 e. The van der Waals surface area contributed by atoms with Gasteiger partial charge in [-0.1, -0.05) is 25.1 Å². The smallest absolute Gasteiger partial charge is 0.405 e. The molecule has 140 valence electrons. The number of hydrogen-bond acceptors (Lipinski definition) is 3. The average molecular weight is 379 g/mol. The van der Waals surface area contributed by atoms with Gasteiger partial charge in [0.05, 0.1) is 0 Å². The first-order valence-corrected chi connectivity index (χ1v) is 8.06. The van der Waals surface area contributed by atoms with Crippen LogP contribution < -0.4 is 10.5 Å². The van der Waals surface area contributed by atoms with Crippen LogP contribution in [0.3, 0.4) is 0 Å². The van der Waals surface area contributed by atoms with E-state index in [1.807, 2.05) is 0 Å². The van der Waals surface area contributed by atoms with Crippen molar-refractivity contribution in [3.8, 4) is 5.75 Å². The maximum Gasteiger partial charge on any atom is 0.573 e. The van der Waals surface area contributed by atoms with Gasteiger partial charge in [0.1, 0.15) is 5.75 Å². The molecule has 2 N–H and O–H groups in total. The minimum atomic E-state index is -4.73. The van der Waals surface area contributed by atoms with E-state index in [1.54, 1.807) is 17.0 Å². The van der Waals surface area contributed by atoms with Crippen molar-refractivity contribution in [2.75, 3.05) is 19.6 Å². The summed E-state index contributed by atoms with van der Waals surface area (Å²) in [5.74, 6) is -0.665. The van der Waals surface area contributed by atoms with Crippen molar-refractivity contribution >= 4 is 18.3 Å². The SMILES string of the molecule is CC1(CN)CCN(C(=O)C2CC2c2ccccc2OC(F)(F)F)C1.Cl. The Balaban J connectivity index is 0.00000225. The lowest BCUT2D eigenvalue weighted by Gasteiger charge is -2.22. The Labute approximate surface area is 150 Å². The zero-order valence-electron chi connectivity index (χ0n) is 13.9. The van der Waals surface area contributed by atoms with E-state index >= 15 is 0 Å². The van der Waals surface area contributed by atoms with Gasteiger partial charge in [-0.25, -0.2) is 0 Å². The summed E-state index contributed by atoms with van der Waals surface area (Å²) in [5.41, 5.74) is 6.15. The molecule has 1 amide bonds. The Kier molecular flexibility index (Phi) is 5.59. The summed E-state index contributed by atoms with van der Waals surface area (Å²) >= 11 is 0. The van der Waals surface area contributed by atoms with Crippen molar-refractivity contribution < 1.29 is 22.7 Å². The van der Waals surface area contributed by atoms with E-state index in [0.29, 0.717) is 31.6 Å². The summed E-state index contributed by atoms with van der Waals surface area (Å²) < 4.78 is 41.7. The second kappa shape index (κ2) is 7.03. The van der Waals surface area contributed by atoms with Crippen LogP contribution in [0.15, 0.2) is 24.3 Å². The number of nitrogens with two attached hydrogens (primary N) is 1. The molecule has 8 heteroatoms. The van der Waals surface area contributed by atoms with Gasteiger partial charge in [-0.05, 0) is 42.3 Å². The fourth-order valence-electron chi connectivity index (χ4n) is 3.43. The molecule has 4 nitrogen and oxygen atoms in total. The molecule has 0 radical (unpaired) electrons. The molecule has 3 atom stereocenters. The first-order chi connectivity index (χ1) is 11.2. The second-order valence-corrected chi connectivity index (χ2v) is 7.06. The van der Waals surface area contributed by atoms with Crippen LogP contribution in [0.4, 0.5) is 13.2 Å². The van der Waals surface area contributed by atoms with Gasteiger partial charge in [0.25, 0.3) is 0 Å². The van der Waals surface area contributed by atoms with Crippen LogP contribution >= 0.6 is 12.4 Å². The zero-order valence-corrected chi connectivity index (χ0v) is 14.7. The number of likely N-dealkylation sites (tertiary alicyclic amines) is 1. The van der Waals surface area contributed by atoms with Crippen molar-refractivity contribution in [2.24, 2.45) is 17.1 Å². The summed E-state index contributed by atoms with van der Waals surface area (Å²) in [6, 6.07) is 6.06. The largest absolute Gasteiger partial charge is 0.573 e. The molecule has 0 spiro atoms. The molecular weight excluding hydrogens is 357 g/mol. The second-order valence-electron chi connectivity index (χ2n) is 7.06. The zero-order chi connectivity index (χ0) is 17.5. The minimum absolute atomic E-state index is 0. The van der Waals surface area contributed by atoms with E-state index in [2.05, 4.69) is 11.7 Å². The van der Waals surface area contributed by atoms with Crippen molar-refractivity contribution in [2.45, 2.75) is 32.0 Å². The summed E-state index contributed by atoms with van der Waals surface area (Å²) in [4.78, 5) is 14.4. The van der Waals surface area contributed by atoms with Crippen molar-refractivity contribution in [1.82, 2.24) is 4.90 Å². The van der Waals surface area contributed by atoms with E-state index in [4.69, 9.17) is 5.73 Å². The number of amides is 1. The quantitative estimate of drug-likeness (QED) is 0.874. The molecule has 3 rings (SSSR count). The predicted octanol–water partition coefficient (Wildman–Crippen LogP) is 3.31. The number of rotatable bonds is 4. The first-order valence-electron chi connectivity index (χ1n) is 8.06. The van der Waals surface area contributed by atoms with Crippen LogP contribution in [0.25, 0.3) is 0 Å². The molecule has 0 bridgehead atoms. The number of benzene rings is 1. The third-order valence-corrected chi connectivity index (χ3v) is 5.01. The molecular formula is C17H22ClF3N2O2. The van der Waals surface area contributed by atoms with Gasteiger partial charge in [0, 0.05) is 19.0 Å². The molecule has 3 unspecified atom stereocenters. The van der Waals surface area contributed by atoms with Crippen LogP contribution in [0.2, 0.25) is 0 Å². The lowest BCUT2D eigenvalue weighted by atomic mass is 9.90. The number of alkyl halides is 3. The number of nitrogens with zero attached hydrogens (tertiary/aromatic N) is 1. The molecule has 1 heterocycles. The van der Waals surface area contributed by atoms with Gasteiger partial charge in [-0.2, -0.15) is 0 Å². The third-order valence-electron chi connectivity index (χ3n) is 5.01. The van der Waals surface area contributed by atoms with Gasteiger partial charge in [0.2, 0.25) is 5.91 Å². The normalized spacial score (nSPS) is 28.4. The molecule has 25 heavy (non-hydrogen) atoms. The highest BCUT2D eigenvalue weighted by atomic mass is 35.5. The van der Waals surface area contributed by atoms with Crippen molar-refractivity contribution in [3.63, 3.8) is 0 Å². The molecule has 1 saturated carbocycles. The Morgan fingerprint density at radius 1 is 1.40 bits per heavy atom. The molecule has 1 aliphatic heterocycles. The Morgan fingerprint density at radius 2 is 2.08 bits per heavy atom. The highest BCUT2D eigenvalue weighted by Crippen LogP contribution is 2.52. The van der Waals surface area contributed by atoms with E-state index in [9.17, 15) is 18.0 Å². The Hall–Kier alpha value is -1.47. The van der Waals surface area contributed by atoms with Crippen LogP contribution in [0.5, 0.6) is 5.75 Å². The summed E-state index contributed by atoms with van der Waals surface area (Å²) in [5, 5.41) is 0. The Morgan fingerprint density at radius 3 is 2.68 bits per heavy atom. The van der Waals surface area contributed by atoms with Gasteiger partial charge >= 0.3 is 6.36 Å². The molecule has 1 aromatic rings. The number of carbonyl (C=O) groups is 1. The van der Waals surface area contributed by atoms with Crippen LogP contribution in [-0.4, -0.2) is 36.8 Å². The molecule has 1 aromatic carbocycles. The first kappa shape index (κ1) is 19.8. The fraction of sp³-hybridized carbons (Fsp3) is 0.588. The Bertz CT molecular complexity index is 641. The third kappa shape index (κ3) is 4.39. The molecule has 2 aliphatic rings. The van der Waals surface area contributed by atoms with E-state index in [0.717, 1.165) is 6.42 Å². The number of ether oxygens (including phenoxy) is 1. The highest BCUT2D eigenvalue weighted by Gasteiger charge is 2.49. The van der Waals surface area contributed by atoms with E-state index in [-0.39, 0.29) is 41.3 Å². The molecule has 1 aliphatic carbocycles. The topological polar surface area (TPSA) is 55.6 Å². The fourth-order valence-corrected chi connectivity index (χ4v) is 3.43. The van der Waals surface area contributed by atoms with Gasteiger partial charge in [0.15, 0.2) is 0 Å².